The maximum atomic E-state index is 15.7. The van der Waals surface area contributed by atoms with Gasteiger partial charge in [-0.15, -0.1) is 0 Å². The summed E-state index contributed by atoms with van der Waals surface area (Å²) >= 11 is 0. The van der Waals surface area contributed by atoms with Crippen LogP contribution < -0.4 is 5.32 Å². The molecule has 0 heterocycles. The summed E-state index contributed by atoms with van der Waals surface area (Å²) in [6.45, 7) is -1.19. The Bertz CT molecular complexity index is 2390. The van der Waals surface area contributed by atoms with Gasteiger partial charge < -0.3 is 10.1 Å². The summed E-state index contributed by atoms with van der Waals surface area (Å²) in [7, 11) is 0. The number of rotatable bonds is 21. The highest BCUT2D eigenvalue weighted by molar-refractivity contribution is 5.99. The first kappa shape index (κ1) is 65.5. The number of aliphatic imine (C=N–C) groups is 2. The lowest BCUT2D eigenvalue weighted by atomic mass is 9.81. The average molecular weight is 1160 g/mol. The smallest absolute Gasteiger partial charge is 0.445 e. The van der Waals surface area contributed by atoms with Crippen LogP contribution in [0.15, 0.2) is 16.1 Å². The van der Waals surface area contributed by atoms with Gasteiger partial charge in [-0.3, -0.25) is 9.59 Å². The van der Waals surface area contributed by atoms with Crippen molar-refractivity contribution in [3.05, 3.63) is 22.8 Å². The first-order chi connectivity index (χ1) is 31.6. The van der Waals surface area contributed by atoms with E-state index in [1.807, 2.05) is 0 Å². The van der Waals surface area contributed by atoms with Crippen LogP contribution in [0.3, 0.4) is 0 Å². The van der Waals surface area contributed by atoms with Crippen molar-refractivity contribution in [1.82, 2.24) is 5.32 Å². The Balaban J connectivity index is 4.34. The van der Waals surface area contributed by atoms with E-state index in [1.54, 1.807) is 0 Å². The number of carbonyl (C=O) groups is 2. The number of carbonyl (C=O) groups excluding carboxylic acids is 4. The lowest BCUT2D eigenvalue weighted by Crippen LogP contribution is -2.80. The van der Waals surface area contributed by atoms with Crippen molar-refractivity contribution < 1.29 is 178 Å². The predicted molar refractivity (Wildman–Crippen MR) is 155 cm³/mol. The fourth-order valence-corrected chi connectivity index (χ4v) is 4.99. The summed E-state index contributed by atoms with van der Waals surface area (Å²) in [6, 6.07) is -0.572. The third-order valence-corrected chi connectivity index (χ3v) is 9.19. The van der Waals surface area contributed by atoms with Gasteiger partial charge in [-0.25, -0.2) is 9.59 Å². The number of nitrogens with one attached hydrogen (secondary N) is 1. The molecular formula is C30H10F35N3O5. The molecule has 73 heavy (non-hydrogen) atoms. The van der Waals surface area contributed by atoms with Gasteiger partial charge in [0.05, 0.1) is 22.5 Å². The molecule has 0 radical (unpaired) electrons. The zero-order valence-corrected chi connectivity index (χ0v) is 32.9. The molecule has 420 valence electrons. The highest BCUT2D eigenvalue weighted by Crippen LogP contribution is 2.71. The molecular weight excluding hydrogens is 1150 g/mol. The molecule has 0 unspecified atom stereocenters. The number of alkyl halides is 35. The molecule has 0 aliphatic carbocycles. The molecule has 0 aliphatic rings. The van der Waals surface area contributed by atoms with Crippen LogP contribution in [-0.4, -0.2) is 126 Å². The fraction of sp³-hybridized carbons (Fsp3) is 0.667. The lowest BCUT2D eigenvalue weighted by Gasteiger charge is -2.47. The molecule has 8 nitrogen and oxygen atoms in total. The van der Waals surface area contributed by atoms with Crippen molar-refractivity contribution >= 4 is 35.4 Å². The lowest BCUT2D eigenvalue weighted by molar-refractivity contribution is -0.492. The van der Waals surface area contributed by atoms with E-state index in [4.69, 9.17) is 0 Å². The van der Waals surface area contributed by atoms with Crippen molar-refractivity contribution in [2.45, 2.75) is 115 Å². The largest absolute Gasteiger partial charge is 0.460 e. The third-order valence-electron chi connectivity index (χ3n) is 9.19. The summed E-state index contributed by atoms with van der Waals surface area (Å²) in [4.78, 5) is 49.9. The number of hydrogen-bond donors (Lipinski definition) is 1. The first-order valence-corrected chi connectivity index (χ1v) is 16.5. The van der Waals surface area contributed by atoms with Crippen LogP contribution in [0.5, 0.6) is 0 Å². The molecule has 0 saturated heterocycles. The SMILES string of the molecule is CC(=O)OCNC(=O)c1cc(N=C=O)c(C)c(N=C=O)c1C(F)(F)C(F)(F)C(F)(F)C(F)(F)C(F)(F)C(F)(F)C(F)(F)C(F)(F)C(F)(F)C(F)(F)C(F)(F)C(F)(F)C(F)(F)C(F)(F)C(F)(F)C(F)(F)C(F)(F)F. The Morgan fingerprint density at radius 1 is 0.452 bits per heavy atom. The monoisotopic (exact) mass is 1160 g/mol. The maximum Gasteiger partial charge on any atom is 0.460 e. The minimum atomic E-state index is -10.5. The summed E-state index contributed by atoms with van der Waals surface area (Å²) < 4.78 is 499. The number of esters is 1. The second kappa shape index (κ2) is 18.1. The summed E-state index contributed by atoms with van der Waals surface area (Å²) in [6.07, 6.45) is -7.94. The number of hydrogen-bond acceptors (Lipinski definition) is 7. The summed E-state index contributed by atoms with van der Waals surface area (Å²) in [5.74, 6) is -162. The normalized spacial score (nSPS) is 15.4. The highest BCUT2D eigenvalue weighted by atomic mass is 19.4. The van der Waals surface area contributed by atoms with Crippen LogP contribution in [0, 0.1) is 6.92 Å². The van der Waals surface area contributed by atoms with Gasteiger partial charge in [0, 0.05) is 12.5 Å². The molecule has 0 bridgehead atoms. The van der Waals surface area contributed by atoms with Crippen molar-refractivity contribution in [2.75, 3.05) is 6.73 Å². The van der Waals surface area contributed by atoms with E-state index in [0.29, 0.717) is 13.0 Å². The fourth-order valence-electron chi connectivity index (χ4n) is 4.99. The average Bonchev–Trinajstić information content (AvgIpc) is 3.20. The Morgan fingerprint density at radius 3 is 0.959 bits per heavy atom. The third kappa shape index (κ3) is 8.48. The molecule has 1 aromatic carbocycles. The van der Waals surface area contributed by atoms with Crippen molar-refractivity contribution in [1.29, 1.82) is 0 Å². The Kier molecular flexibility index (Phi) is 16.2. The van der Waals surface area contributed by atoms with E-state index >= 15 is 17.6 Å². The predicted octanol–water partition coefficient (Wildman–Crippen LogP) is 12.4. The zero-order valence-electron chi connectivity index (χ0n) is 32.9. The highest BCUT2D eigenvalue weighted by Gasteiger charge is 3.02. The minimum Gasteiger partial charge on any atom is -0.445 e. The number of benzene rings is 1. The van der Waals surface area contributed by atoms with Gasteiger partial charge in [0.2, 0.25) is 12.2 Å². The van der Waals surface area contributed by atoms with Crippen LogP contribution in [-0.2, 0) is 25.0 Å². The number of amides is 1. The second-order valence-electron chi connectivity index (χ2n) is 13.7. The standard InChI is InChI=1S/C30H10F35N3O5/c1-7-10(66-4-69)3-9(13(72)68-6-73-8(2)71)11(12(7)67-5-70)14(31,32)15(33,34)16(35,36)17(37,38)18(39,40)19(41,42)20(43,44)21(45,46)22(47,48)23(49,50)24(51,52)25(53,54)26(55,56)27(57,58)28(59,60)29(61,62)30(63,64)65/h3H,6H2,1-2H3,(H,68,72). The van der Waals surface area contributed by atoms with Gasteiger partial charge in [0.25, 0.3) is 5.91 Å². The molecule has 0 spiro atoms. The van der Waals surface area contributed by atoms with Crippen molar-refractivity contribution in [3.63, 3.8) is 0 Å². The van der Waals surface area contributed by atoms with Crippen LogP contribution >= 0.6 is 0 Å². The number of nitrogens with zero attached hydrogens (tertiary/aromatic N) is 2. The van der Waals surface area contributed by atoms with Gasteiger partial charge in [-0.2, -0.15) is 164 Å². The topological polar surface area (TPSA) is 114 Å². The molecule has 43 heteroatoms. The van der Waals surface area contributed by atoms with Crippen LogP contribution in [0.4, 0.5) is 165 Å². The Hall–Kier alpha value is -5.53. The van der Waals surface area contributed by atoms with E-state index in [2.05, 4.69) is 14.7 Å². The van der Waals surface area contributed by atoms with Gasteiger partial charge in [0.1, 0.15) is 0 Å². The first-order valence-electron chi connectivity index (χ1n) is 16.5. The molecule has 1 rings (SSSR count). The van der Waals surface area contributed by atoms with Gasteiger partial charge in [-0.05, 0) is 13.0 Å². The number of halogens is 35. The molecule has 0 saturated carbocycles. The van der Waals surface area contributed by atoms with Gasteiger partial charge in [-0.1, -0.05) is 0 Å². The minimum absolute atomic E-state index is 0.0732. The van der Waals surface area contributed by atoms with Gasteiger partial charge in [0.15, 0.2) is 6.73 Å². The summed E-state index contributed by atoms with van der Waals surface area (Å²) in [5.41, 5.74) is -12.1. The van der Waals surface area contributed by atoms with Crippen molar-refractivity contribution in [3.8, 4) is 0 Å². The van der Waals surface area contributed by atoms with Crippen LogP contribution in [0.1, 0.15) is 28.4 Å². The van der Waals surface area contributed by atoms with Crippen LogP contribution in [0.25, 0.3) is 0 Å². The Morgan fingerprint density at radius 2 is 0.712 bits per heavy atom. The molecule has 1 aromatic rings. The molecule has 0 aliphatic heterocycles. The van der Waals surface area contributed by atoms with Crippen LogP contribution in [0.2, 0.25) is 0 Å². The van der Waals surface area contributed by atoms with E-state index in [0.717, 1.165) is 5.32 Å². The van der Waals surface area contributed by atoms with E-state index in [9.17, 15) is 155 Å². The number of isocyanates is 2. The van der Waals surface area contributed by atoms with E-state index < -0.39 is 154 Å². The Labute approximate surface area is 373 Å². The molecule has 1 amide bonds. The van der Waals surface area contributed by atoms with E-state index in [-0.39, 0.29) is 13.0 Å². The summed E-state index contributed by atoms with van der Waals surface area (Å²) in [5, 5.41) is 1.05. The molecule has 0 fully saturated rings. The van der Waals surface area contributed by atoms with Crippen molar-refractivity contribution in [2.24, 2.45) is 9.98 Å². The quantitative estimate of drug-likeness (QED) is 0.0433. The molecule has 0 atom stereocenters. The maximum absolute atomic E-state index is 15.7. The number of ether oxygens (including phenoxy) is 1. The van der Waals surface area contributed by atoms with E-state index in [1.165, 1.54) is 0 Å². The second-order valence-corrected chi connectivity index (χ2v) is 13.7. The molecule has 1 N–H and O–H groups in total. The van der Waals surface area contributed by atoms with Gasteiger partial charge >= 0.3 is 107 Å². The molecule has 0 aromatic heterocycles. The zero-order chi connectivity index (χ0) is 59.2.